The minimum atomic E-state index is -1.50. The fourth-order valence-electron chi connectivity index (χ4n) is 3.70. The van der Waals surface area contributed by atoms with Crippen LogP contribution in [0.4, 0.5) is 17.6 Å². The van der Waals surface area contributed by atoms with Gasteiger partial charge in [0.15, 0.2) is 17.5 Å². The third kappa shape index (κ3) is 4.47. The van der Waals surface area contributed by atoms with Crippen molar-refractivity contribution in [3.8, 4) is 11.1 Å². The monoisotopic (exact) mass is 424 g/mol. The van der Waals surface area contributed by atoms with Crippen LogP contribution in [0.15, 0.2) is 66.7 Å². The molecule has 0 bridgehead atoms. The van der Waals surface area contributed by atoms with Crippen molar-refractivity contribution >= 4 is 10.8 Å². The average molecular weight is 424 g/mol. The van der Waals surface area contributed by atoms with Crippen molar-refractivity contribution < 1.29 is 22.3 Å². The minimum absolute atomic E-state index is 0.197. The second-order valence-electron chi connectivity index (χ2n) is 7.48. The summed E-state index contributed by atoms with van der Waals surface area (Å²) in [6, 6.07) is 18.9. The largest absolute Gasteiger partial charge is 0.380 e. The predicted molar refractivity (Wildman–Crippen MR) is 114 cm³/mol. The van der Waals surface area contributed by atoms with Crippen LogP contribution in [-0.2, 0) is 24.2 Å². The highest BCUT2D eigenvalue weighted by Crippen LogP contribution is 2.28. The number of rotatable bonds is 6. The Labute approximate surface area is 177 Å². The highest BCUT2D eigenvalue weighted by Gasteiger charge is 2.13. The summed E-state index contributed by atoms with van der Waals surface area (Å²) in [7, 11) is 1.65. The summed E-state index contributed by atoms with van der Waals surface area (Å²) in [5.41, 5.74) is 3.79. The molecule has 0 saturated heterocycles. The lowest BCUT2D eigenvalue weighted by Gasteiger charge is -2.10. The summed E-state index contributed by atoms with van der Waals surface area (Å²) in [5, 5.41) is 1.24. The molecule has 0 radical (unpaired) electrons. The number of benzene rings is 4. The van der Waals surface area contributed by atoms with E-state index in [1.807, 2.05) is 42.5 Å². The van der Waals surface area contributed by atoms with Crippen LogP contribution in [0.1, 0.15) is 16.7 Å². The Morgan fingerprint density at radius 3 is 2.00 bits per heavy atom. The number of aryl methyl sites for hydroxylation is 2. The molecule has 0 unspecified atom stereocenters. The van der Waals surface area contributed by atoms with Gasteiger partial charge in [0, 0.05) is 12.5 Å². The summed E-state index contributed by atoms with van der Waals surface area (Å²) >= 11 is 0. The van der Waals surface area contributed by atoms with E-state index in [0.29, 0.717) is 17.6 Å². The van der Waals surface area contributed by atoms with E-state index in [1.165, 1.54) is 0 Å². The molecule has 0 aliphatic carbocycles. The maximum Gasteiger partial charge on any atom is 0.194 e. The summed E-state index contributed by atoms with van der Waals surface area (Å²) < 4.78 is 60.1. The molecular weight excluding hydrogens is 404 g/mol. The van der Waals surface area contributed by atoms with Gasteiger partial charge in [0.1, 0.15) is 5.82 Å². The van der Waals surface area contributed by atoms with E-state index >= 15 is 4.39 Å². The van der Waals surface area contributed by atoms with Gasteiger partial charge in [-0.05, 0) is 64.2 Å². The van der Waals surface area contributed by atoms with Crippen molar-refractivity contribution in [1.29, 1.82) is 0 Å². The molecule has 0 amide bonds. The molecule has 0 atom stereocenters. The van der Waals surface area contributed by atoms with Gasteiger partial charge < -0.3 is 4.74 Å². The average Bonchev–Trinajstić information content (AvgIpc) is 2.77. The molecule has 4 rings (SSSR count). The zero-order chi connectivity index (χ0) is 22.0. The Morgan fingerprint density at radius 1 is 0.645 bits per heavy atom. The molecule has 0 aliphatic rings. The van der Waals surface area contributed by atoms with Gasteiger partial charge in [0.05, 0.1) is 6.61 Å². The maximum atomic E-state index is 15.0. The van der Waals surface area contributed by atoms with Crippen LogP contribution in [0.5, 0.6) is 0 Å². The van der Waals surface area contributed by atoms with E-state index < -0.39 is 17.5 Å². The lowest BCUT2D eigenvalue weighted by Crippen LogP contribution is -1.99. The quantitative estimate of drug-likeness (QED) is 0.239. The first-order valence-electron chi connectivity index (χ1n) is 9.89. The summed E-state index contributed by atoms with van der Waals surface area (Å²) in [6.45, 7) is 0.545. The first-order valence-corrected chi connectivity index (χ1v) is 9.89. The van der Waals surface area contributed by atoms with Gasteiger partial charge in [0.2, 0.25) is 0 Å². The number of halogens is 4. The molecule has 0 aliphatic heterocycles. The highest BCUT2D eigenvalue weighted by molar-refractivity contribution is 5.88. The summed E-state index contributed by atoms with van der Waals surface area (Å²) in [5.74, 6) is -4.33. The lowest BCUT2D eigenvalue weighted by atomic mass is 9.97. The lowest BCUT2D eigenvalue weighted by molar-refractivity contribution is 0.185. The molecular formula is C26H20F4O. The van der Waals surface area contributed by atoms with Gasteiger partial charge in [-0.3, -0.25) is 0 Å². The van der Waals surface area contributed by atoms with Crippen LogP contribution in [0.3, 0.4) is 0 Å². The smallest absolute Gasteiger partial charge is 0.194 e. The van der Waals surface area contributed by atoms with Gasteiger partial charge in [-0.25, -0.2) is 17.6 Å². The molecule has 31 heavy (non-hydrogen) atoms. The molecule has 5 heteroatoms. The highest BCUT2D eigenvalue weighted by atomic mass is 19.2. The second-order valence-corrected chi connectivity index (χ2v) is 7.48. The number of hydrogen-bond acceptors (Lipinski definition) is 1. The Morgan fingerprint density at radius 2 is 1.32 bits per heavy atom. The van der Waals surface area contributed by atoms with Crippen LogP contribution in [0.2, 0.25) is 0 Å². The van der Waals surface area contributed by atoms with Crippen molar-refractivity contribution in [3.05, 3.63) is 107 Å². The van der Waals surface area contributed by atoms with Crippen molar-refractivity contribution in [2.24, 2.45) is 0 Å². The fourth-order valence-corrected chi connectivity index (χ4v) is 3.70. The molecule has 0 N–H and O–H groups in total. The van der Waals surface area contributed by atoms with Crippen LogP contribution < -0.4 is 0 Å². The summed E-state index contributed by atoms with van der Waals surface area (Å²) in [4.78, 5) is 0. The van der Waals surface area contributed by atoms with Crippen LogP contribution in [0.25, 0.3) is 21.9 Å². The Hall–Kier alpha value is -3.18. The Kier molecular flexibility index (Phi) is 6.05. The first kappa shape index (κ1) is 21.1. The number of methoxy groups -OCH3 is 1. The topological polar surface area (TPSA) is 9.23 Å². The standard InChI is InChI=1S/C26H20F4O/c1-31-15-16-2-5-18(6-3-16)20-10-11-22-21(14-20)9-8-19(25(22)29)7-4-17-12-23(27)26(30)24(28)13-17/h2-3,5-6,8-14H,4,7,15H2,1H3. The van der Waals surface area contributed by atoms with Gasteiger partial charge >= 0.3 is 0 Å². The molecule has 1 nitrogen and oxygen atoms in total. The maximum absolute atomic E-state index is 15.0. The van der Waals surface area contributed by atoms with Gasteiger partial charge in [-0.2, -0.15) is 0 Å². The molecule has 0 spiro atoms. The van der Waals surface area contributed by atoms with Crippen LogP contribution in [-0.4, -0.2) is 7.11 Å². The van der Waals surface area contributed by atoms with Crippen molar-refractivity contribution in [2.75, 3.05) is 7.11 Å². The summed E-state index contributed by atoms with van der Waals surface area (Å²) in [6.07, 6.45) is 0.442. The number of fused-ring (bicyclic) bond motifs is 1. The molecule has 0 fully saturated rings. The van der Waals surface area contributed by atoms with Gasteiger partial charge in [0.25, 0.3) is 0 Å². The normalized spacial score (nSPS) is 11.3. The third-order valence-corrected chi connectivity index (χ3v) is 5.36. The van der Waals surface area contributed by atoms with Gasteiger partial charge in [-0.1, -0.05) is 48.5 Å². The van der Waals surface area contributed by atoms with E-state index in [0.717, 1.165) is 34.2 Å². The predicted octanol–water partition coefficient (Wildman–Crippen LogP) is 6.99. The second kappa shape index (κ2) is 8.90. The molecule has 4 aromatic carbocycles. The fraction of sp³-hybridized carbons (Fsp3) is 0.154. The van der Waals surface area contributed by atoms with Crippen LogP contribution >= 0.6 is 0 Å². The first-order chi connectivity index (χ1) is 15.0. The zero-order valence-electron chi connectivity index (χ0n) is 16.9. The number of ether oxygens (including phenoxy) is 1. The van der Waals surface area contributed by atoms with E-state index in [4.69, 9.17) is 4.74 Å². The van der Waals surface area contributed by atoms with Crippen molar-refractivity contribution in [2.45, 2.75) is 19.4 Å². The van der Waals surface area contributed by atoms with Crippen LogP contribution in [0, 0.1) is 23.3 Å². The van der Waals surface area contributed by atoms with E-state index in [9.17, 15) is 13.2 Å². The zero-order valence-corrected chi connectivity index (χ0v) is 16.9. The Balaban J connectivity index is 1.57. The molecule has 4 aromatic rings. The van der Waals surface area contributed by atoms with Gasteiger partial charge in [-0.15, -0.1) is 0 Å². The van der Waals surface area contributed by atoms with Crippen molar-refractivity contribution in [1.82, 2.24) is 0 Å². The van der Waals surface area contributed by atoms with E-state index in [-0.39, 0.29) is 24.2 Å². The third-order valence-electron chi connectivity index (χ3n) is 5.36. The number of hydrogen-bond donors (Lipinski definition) is 0. The molecule has 158 valence electrons. The Bertz CT molecular complexity index is 1210. The minimum Gasteiger partial charge on any atom is -0.380 e. The van der Waals surface area contributed by atoms with E-state index in [2.05, 4.69) is 0 Å². The van der Waals surface area contributed by atoms with Crippen molar-refractivity contribution in [3.63, 3.8) is 0 Å². The molecule has 0 aromatic heterocycles. The SMILES string of the molecule is COCc1ccc(-c2ccc3c(F)c(CCc4cc(F)c(F)c(F)c4)ccc3c2)cc1. The van der Waals surface area contributed by atoms with E-state index in [1.54, 1.807) is 19.2 Å². The molecule has 0 heterocycles. The molecule has 0 saturated carbocycles.